The van der Waals surface area contributed by atoms with E-state index in [0.29, 0.717) is 19.4 Å². The molecule has 0 spiro atoms. The number of carboxylic acid groups (broad SMARTS) is 1. The maximum Gasteiger partial charge on any atom is 0.322 e. The van der Waals surface area contributed by atoms with Crippen LogP contribution < -0.4 is 25.9 Å². The van der Waals surface area contributed by atoms with Gasteiger partial charge in [0.15, 0.2) is 0 Å². The third-order valence-corrected chi connectivity index (χ3v) is 7.67. The van der Waals surface area contributed by atoms with Gasteiger partial charge in [-0.1, -0.05) is 0 Å². The summed E-state index contributed by atoms with van der Waals surface area (Å²) in [5, 5.41) is 21.2. The van der Waals surface area contributed by atoms with Gasteiger partial charge in [-0.2, -0.15) is 0 Å². The van der Waals surface area contributed by atoms with Crippen LogP contribution in [0.3, 0.4) is 0 Å². The number of carbonyl (C=O) groups is 5. The second-order valence-corrected chi connectivity index (χ2v) is 12.1. The van der Waals surface area contributed by atoms with E-state index in [2.05, 4.69) is 25.9 Å². The third-order valence-electron chi connectivity index (χ3n) is 5.73. The molecule has 0 fully saturated rings. The van der Waals surface area contributed by atoms with E-state index in [-0.39, 0.29) is 25.2 Å². The van der Waals surface area contributed by atoms with Gasteiger partial charge in [0.2, 0.25) is 11.8 Å². The smallest absolute Gasteiger partial charge is 0.322 e. The van der Waals surface area contributed by atoms with Crippen molar-refractivity contribution in [2.45, 2.75) is 51.7 Å². The normalized spacial score (nSPS) is 15.4. The van der Waals surface area contributed by atoms with Gasteiger partial charge in [0.05, 0.1) is 30.9 Å². The maximum absolute atomic E-state index is 13.5. The van der Waals surface area contributed by atoms with E-state index in [1.807, 2.05) is 27.7 Å². The van der Waals surface area contributed by atoms with Crippen molar-refractivity contribution in [3.63, 3.8) is 0 Å². The molecule has 4 amide bonds. The van der Waals surface area contributed by atoms with Crippen LogP contribution in [0.2, 0.25) is 0 Å². The number of amides is 4. The first-order valence-corrected chi connectivity index (χ1v) is 14.1. The van der Waals surface area contributed by atoms with Gasteiger partial charge >= 0.3 is 5.97 Å². The SMILES string of the molecule is COC(C)(C)CCOC(C)(C)CCNP(=O)(NCCN1C(=O)C=CC1=O)NCC(=O)NCC(=O)NCC(=O)O. The molecule has 1 aliphatic heterocycles. The van der Waals surface area contributed by atoms with E-state index >= 15 is 0 Å². The number of aliphatic carboxylic acids is 1. The van der Waals surface area contributed by atoms with Gasteiger partial charge in [0.1, 0.15) is 6.54 Å². The van der Waals surface area contributed by atoms with E-state index in [0.717, 1.165) is 17.1 Å². The molecular weight excluding hydrogens is 535 g/mol. The van der Waals surface area contributed by atoms with Gasteiger partial charge in [0, 0.05) is 38.9 Å². The van der Waals surface area contributed by atoms with Crippen LogP contribution >= 0.6 is 7.59 Å². The lowest BCUT2D eigenvalue weighted by Crippen LogP contribution is -2.44. The molecule has 1 unspecified atom stereocenters. The molecule has 1 rings (SSSR count). The van der Waals surface area contributed by atoms with Crippen LogP contribution in [-0.4, -0.2) is 104 Å². The lowest BCUT2D eigenvalue weighted by Gasteiger charge is -2.30. The Morgan fingerprint density at radius 1 is 0.872 bits per heavy atom. The second kappa shape index (κ2) is 15.8. The standard InChI is InChI=1S/C23H41N6O9P/c1-22(2,37-5)9-13-38-23(3,4)8-10-26-39(36,27-11-12-29-19(32)6-7-20(29)33)28-15-18(31)24-14-17(30)25-16-21(34)35/h6-7H,8-16H2,1-5H3,(H,24,31)(H,25,30)(H,34,35)(H3,26,27,28,36). The Bertz CT molecular complexity index is 952. The number of hydrogen-bond acceptors (Lipinski definition) is 8. The lowest BCUT2D eigenvalue weighted by atomic mass is 10.0. The first-order chi connectivity index (χ1) is 18.1. The molecule has 16 heteroatoms. The molecule has 0 bridgehead atoms. The molecule has 222 valence electrons. The number of methoxy groups -OCH3 is 1. The van der Waals surface area contributed by atoms with Crippen molar-refractivity contribution in [3.8, 4) is 0 Å². The predicted octanol–water partition coefficient (Wildman–Crippen LogP) is -0.894. The highest BCUT2D eigenvalue weighted by Crippen LogP contribution is 2.30. The van der Waals surface area contributed by atoms with Crippen LogP contribution in [0.15, 0.2) is 12.2 Å². The highest BCUT2D eigenvalue weighted by Gasteiger charge is 2.28. The number of nitrogens with one attached hydrogen (secondary N) is 5. The van der Waals surface area contributed by atoms with Crippen molar-refractivity contribution < 1.29 is 43.1 Å². The molecule has 6 N–H and O–H groups in total. The van der Waals surface area contributed by atoms with Gasteiger partial charge in [-0.05, 0) is 40.5 Å². The van der Waals surface area contributed by atoms with E-state index in [1.165, 1.54) is 0 Å². The van der Waals surface area contributed by atoms with E-state index < -0.39 is 62.4 Å². The molecule has 0 saturated heterocycles. The molecule has 0 saturated carbocycles. The Balaban J connectivity index is 2.65. The molecule has 0 aromatic heterocycles. The monoisotopic (exact) mass is 576 g/mol. The summed E-state index contributed by atoms with van der Waals surface area (Å²) < 4.78 is 24.9. The number of hydrogen-bond donors (Lipinski definition) is 6. The molecule has 39 heavy (non-hydrogen) atoms. The number of ether oxygens (including phenoxy) is 2. The Morgan fingerprint density at radius 2 is 1.44 bits per heavy atom. The first kappa shape index (κ1) is 34.3. The van der Waals surface area contributed by atoms with Crippen LogP contribution in [0.4, 0.5) is 0 Å². The zero-order chi connectivity index (χ0) is 29.7. The minimum Gasteiger partial charge on any atom is -0.480 e. The zero-order valence-electron chi connectivity index (χ0n) is 23.1. The van der Waals surface area contributed by atoms with Crippen LogP contribution in [0.5, 0.6) is 0 Å². The molecule has 1 heterocycles. The molecule has 0 aliphatic carbocycles. The van der Waals surface area contributed by atoms with Gasteiger partial charge in [-0.25, -0.2) is 15.3 Å². The summed E-state index contributed by atoms with van der Waals surface area (Å²) in [5.41, 5.74) is -0.897. The van der Waals surface area contributed by atoms with Crippen LogP contribution in [-0.2, 0) is 38.0 Å². The number of imide groups is 1. The third kappa shape index (κ3) is 14.3. The number of carbonyl (C=O) groups excluding carboxylic acids is 4. The molecule has 0 radical (unpaired) electrons. The number of carboxylic acids is 1. The van der Waals surface area contributed by atoms with Crippen molar-refractivity contribution in [3.05, 3.63) is 12.2 Å². The lowest BCUT2D eigenvalue weighted by molar-refractivity contribution is -0.138. The molecule has 1 atom stereocenters. The summed E-state index contributed by atoms with van der Waals surface area (Å²) >= 11 is 0. The van der Waals surface area contributed by atoms with Gasteiger partial charge in [-0.3, -0.25) is 33.4 Å². The Hall–Kier alpha value is -2.68. The largest absolute Gasteiger partial charge is 0.480 e. The number of rotatable bonds is 20. The Morgan fingerprint density at radius 3 is 2.03 bits per heavy atom. The fourth-order valence-corrected chi connectivity index (χ4v) is 4.60. The molecule has 1 aliphatic rings. The summed E-state index contributed by atoms with van der Waals surface area (Å²) in [5.74, 6) is -3.55. The number of nitrogens with zero attached hydrogens (tertiary/aromatic N) is 1. The van der Waals surface area contributed by atoms with Crippen molar-refractivity contribution in [2.24, 2.45) is 0 Å². The van der Waals surface area contributed by atoms with Crippen molar-refractivity contribution >= 4 is 37.2 Å². The van der Waals surface area contributed by atoms with Crippen molar-refractivity contribution in [1.82, 2.24) is 30.8 Å². The van der Waals surface area contributed by atoms with Gasteiger partial charge in [0.25, 0.3) is 19.4 Å². The topological polar surface area (TPSA) is 204 Å². The molecule has 0 aromatic rings. The van der Waals surface area contributed by atoms with E-state index in [9.17, 15) is 28.5 Å². The summed E-state index contributed by atoms with van der Waals surface area (Å²) in [6.45, 7) is 6.80. The summed E-state index contributed by atoms with van der Waals surface area (Å²) in [7, 11) is -1.99. The Kier molecular flexibility index (Phi) is 13.9. The maximum atomic E-state index is 13.5. The summed E-state index contributed by atoms with van der Waals surface area (Å²) in [6.07, 6.45) is 3.42. The minimum absolute atomic E-state index is 0.0261. The van der Waals surface area contributed by atoms with Crippen molar-refractivity contribution in [2.75, 3.05) is 53.0 Å². The minimum atomic E-state index is -3.62. The van der Waals surface area contributed by atoms with E-state index in [4.69, 9.17) is 14.6 Å². The van der Waals surface area contributed by atoms with Crippen LogP contribution in [0.1, 0.15) is 40.5 Å². The highest BCUT2D eigenvalue weighted by molar-refractivity contribution is 7.57. The van der Waals surface area contributed by atoms with Crippen molar-refractivity contribution in [1.29, 1.82) is 0 Å². The molecule has 0 aromatic carbocycles. The average molecular weight is 577 g/mol. The molecule has 15 nitrogen and oxygen atoms in total. The first-order valence-electron chi connectivity index (χ1n) is 12.4. The second-order valence-electron chi connectivity index (χ2n) is 9.94. The quantitative estimate of drug-likeness (QED) is 0.0771. The summed E-state index contributed by atoms with van der Waals surface area (Å²) in [6, 6.07) is 0. The summed E-state index contributed by atoms with van der Waals surface area (Å²) in [4.78, 5) is 58.8. The van der Waals surface area contributed by atoms with Gasteiger partial charge < -0.3 is 25.2 Å². The highest BCUT2D eigenvalue weighted by atomic mass is 31.2. The fourth-order valence-electron chi connectivity index (χ4n) is 3.06. The van der Waals surface area contributed by atoms with Crippen LogP contribution in [0.25, 0.3) is 0 Å². The average Bonchev–Trinajstić information content (AvgIpc) is 3.17. The van der Waals surface area contributed by atoms with Gasteiger partial charge in [-0.15, -0.1) is 0 Å². The van der Waals surface area contributed by atoms with E-state index in [1.54, 1.807) is 7.11 Å². The zero-order valence-corrected chi connectivity index (χ0v) is 24.0. The molecular formula is C23H41N6O9P. The van der Waals surface area contributed by atoms with Crippen LogP contribution in [0, 0.1) is 0 Å². The predicted molar refractivity (Wildman–Crippen MR) is 141 cm³/mol. The fraction of sp³-hybridized carbons (Fsp3) is 0.696. The Labute approximate surface area is 228 Å².